The Morgan fingerprint density at radius 2 is 1.81 bits per heavy atom. The second kappa shape index (κ2) is 8.48. The number of benzene rings is 2. The second-order valence-corrected chi connectivity index (χ2v) is 5.48. The van der Waals surface area contributed by atoms with Crippen LogP contribution in [0.1, 0.15) is 26.5 Å². The van der Waals surface area contributed by atoms with Gasteiger partial charge in [-0.05, 0) is 54.6 Å². The summed E-state index contributed by atoms with van der Waals surface area (Å²) in [6.07, 6.45) is 2.91. The lowest BCUT2D eigenvalue weighted by Crippen LogP contribution is -2.18. The van der Waals surface area contributed by atoms with Gasteiger partial charge < -0.3 is 14.5 Å². The van der Waals surface area contributed by atoms with E-state index < -0.39 is 5.91 Å². The predicted molar refractivity (Wildman–Crippen MR) is 101 cm³/mol. The lowest BCUT2D eigenvalue weighted by molar-refractivity contribution is 0.0953. The van der Waals surface area contributed by atoms with E-state index in [1.165, 1.54) is 12.5 Å². The van der Waals surface area contributed by atoms with Crippen molar-refractivity contribution >= 4 is 23.7 Å². The molecule has 0 saturated heterocycles. The highest BCUT2D eigenvalue weighted by Gasteiger charge is 2.09. The number of ether oxygens (including phenoxy) is 1. The molecule has 1 aromatic heterocycles. The Bertz CT molecular complexity index is 948. The van der Waals surface area contributed by atoms with E-state index in [-0.39, 0.29) is 5.91 Å². The zero-order valence-corrected chi connectivity index (χ0v) is 14.5. The lowest BCUT2D eigenvalue weighted by Gasteiger charge is -2.07. The Morgan fingerprint density at radius 1 is 1.00 bits per heavy atom. The number of anilines is 1. The molecule has 2 aromatic carbocycles. The van der Waals surface area contributed by atoms with Crippen molar-refractivity contribution in [2.75, 3.05) is 12.4 Å². The fraction of sp³-hybridized carbons (Fsp3) is 0.0500. The quantitative estimate of drug-likeness (QED) is 0.519. The highest BCUT2D eigenvalue weighted by molar-refractivity contribution is 6.05. The van der Waals surface area contributed by atoms with Crippen molar-refractivity contribution in [1.29, 1.82) is 0 Å². The molecular formula is C20H17N3O4. The van der Waals surface area contributed by atoms with Crippen molar-refractivity contribution in [1.82, 2.24) is 5.43 Å². The first kappa shape index (κ1) is 17.9. The van der Waals surface area contributed by atoms with E-state index in [2.05, 4.69) is 15.8 Å². The van der Waals surface area contributed by atoms with Crippen LogP contribution in [0.3, 0.4) is 0 Å². The number of rotatable bonds is 6. The van der Waals surface area contributed by atoms with Gasteiger partial charge in [0.2, 0.25) is 0 Å². The number of hydrazone groups is 1. The van der Waals surface area contributed by atoms with Gasteiger partial charge in [-0.1, -0.05) is 6.07 Å². The van der Waals surface area contributed by atoms with Crippen LogP contribution in [0.2, 0.25) is 0 Å². The Balaban J connectivity index is 1.63. The average Bonchev–Trinajstić information content (AvgIpc) is 3.21. The molecular weight excluding hydrogens is 346 g/mol. The summed E-state index contributed by atoms with van der Waals surface area (Å²) < 4.78 is 10.2. The molecule has 0 aliphatic rings. The van der Waals surface area contributed by atoms with Gasteiger partial charge in [-0.3, -0.25) is 9.59 Å². The van der Waals surface area contributed by atoms with Crippen molar-refractivity contribution in [3.8, 4) is 5.75 Å². The van der Waals surface area contributed by atoms with Crippen molar-refractivity contribution in [2.24, 2.45) is 5.10 Å². The van der Waals surface area contributed by atoms with E-state index in [0.717, 1.165) is 0 Å². The molecule has 0 unspecified atom stereocenters. The van der Waals surface area contributed by atoms with Crippen LogP contribution >= 0.6 is 0 Å². The van der Waals surface area contributed by atoms with Gasteiger partial charge >= 0.3 is 0 Å². The summed E-state index contributed by atoms with van der Waals surface area (Å²) in [5.74, 6) is 0.500. The maximum atomic E-state index is 12.3. The van der Waals surface area contributed by atoms with E-state index >= 15 is 0 Å². The summed E-state index contributed by atoms with van der Waals surface area (Å²) in [5, 5.41) is 6.58. The topological polar surface area (TPSA) is 92.9 Å². The molecule has 0 spiro atoms. The zero-order valence-electron chi connectivity index (χ0n) is 14.5. The Kier molecular flexibility index (Phi) is 5.64. The Labute approximate surface area is 155 Å². The SMILES string of the molecule is COc1ccc(C(=O)Nc2cccc(C(=O)N/N=C/c3ccco3)c2)cc1. The predicted octanol–water partition coefficient (Wildman–Crippen LogP) is 3.30. The summed E-state index contributed by atoms with van der Waals surface area (Å²) >= 11 is 0. The van der Waals surface area contributed by atoms with Crippen LogP contribution < -0.4 is 15.5 Å². The number of amides is 2. The highest BCUT2D eigenvalue weighted by atomic mass is 16.5. The third-order valence-corrected chi connectivity index (χ3v) is 3.64. The number of furan rings is 1. The van der Waals surface area contributed by atoms with Crippen LogP contribution in [0.25, 0.3) is 0 Å². The summed E-state index contributed by atoms with van der Waals surface area (Å²) in [5.41, 5.74) is 3.75. The molecule has 2 amide bonds. The molecule has 136 valence electrons. The summed E-state index contributed by atoms with van der Waals surface area (Å²) in [6.45, 7) is 0. The van der Waals surface area contributed by atoms with Crippen LogP contribution in [0.4, 0.5) is 5.69 Å². The van der Waals surface area contributed by atoms with Crippen LogP contribution in [-0.2, 0) is 0 Å². The second-order valence-electron chi connectivity index (χ2n) is 5.48. The molecule has 7 heteroatoms. The lowest BCUT2D eigenvalue weighted by atomic mass is 10.1. The molecule has 7 nitrogen and oxygen atoms in total. The van der Waals surface area contributed by atoms with E-state index in [1.54, 1.807) is 67.8 Å². The first-order chi connectivity index (χ1) is 13.2. The minimum absolute atomic E-state index is 0.286. The normalized spacial score (nSPS) is 10.6. The van der Waals surface area contributed by atoms with Crippen LogP contribution in [0.15, 0.2) is 76.4 Å². The van der Waals surface area contributed by atoms with Gasteiger partial charge in [0.1, 0.15) is 11.5 Å². The largest absolute Gasteiger partial charge is 0.497 e. The molecule has 0 aliphatic carbocycles. The third-order valence-electron chi connectivity index (χ3n) is 3.64. The van der Waals surface area contributed by atoms with Crippen molar-refractivity contribution in [2.45, 2.75) is 0 Å². The monoisotopic (exact) mass is 363 g/mol. The molecule has 0 saturated carbocycles. The third kappa shape index (κ3) is 4.82. The number of carbonyl (C=O) groups is 2. The molecule has 0 bridgehead atoms. The fourth-order valence-corrected chi connectivity index (χ4v) is 2.27. The Hall–Kier alpha value is -3.87. The van der Waals surface area contributed by atoms with Gasteiger partial charge in [0.15, 0.2) is 0 Å². The van der Waals surface area contributed by atoms with E-state index in [9.17, 15) is 9.59 Å². The van der Waals surface area contributed by atoms with E-state index in [0.29, 0.717) is 28.3 Å². The minimum atomic E-state index is -0.404. The number of methoxy groups -OCH3 is 1. The molecule has 0 radical (unpaired) electrons. The van der Waals surface area contributed by atoms with Crippen LogP contribution in [0, 0.1) is 0 Å². The van der Waals surface area contributed by atoms with Gasteiger partial charge in [0.25, 0.3) is 11.8 Å². The van der Waals surface area contributed by atoms with Crippen LogP contribution in [-0.4, -0.2) is 25.1 Å². The van der Waals surface area contributed by atoms with Crippen molar-refractivity contribution < 1.29 is 18.7 Å². The molecule has 0 atom stereocenters. The van der Waals surface area contributed by atoms with Crippen molar-refractivity contribution in [3.05, 3.63) is 83.8 Å². The minimum Gasteiger partial charge on any atom is -0.497 e. The Morgan fingerprint density at radius 3 is 2.52 bits per heavy atom. The summed E-state index contributed by atoms with van der Waals surface area (Å²) in [6, 6.07) is 16.7. The number of hydrogen-bond donors (Lipinski definition) is 2. The van der Waals surface area contributed by atoms with Gasteiger partial charge in [-0.2, -0.15) is 5.10 Å². The van der Waals surface area contributed by atoms with Crippen LogP contribution in [0.5, 0.6) is 5.75 Å². The number of nitrogens with one attached hydrogen (secondary N) is 2. The van der Waals surface area contributed by atoms with Gasteiger partial charge in [0.05, 0.1) is 19.6 Å². The smallest absolute Gasteiger partial charge is 0.271 e. The summed E-state index contributed by atoms with van der Waals surface area (Å²) in [4.78, 5) is 24.5. The first-order valence-corrected chi connectivity index (χ1v) is 8.08. The molecule has 1 heterocycles. The molecule has 27 heavy (non-hydrogen) atoms. The average molecular weight is 363 g/mol. The maximum Gasteiger partial charge on any atom is 0.271 e. The summed E-state index contributed by atoms with van der Waals surface area (Å²) in [7, 11) is 1.56. The van der Waals surface area contributed by atoms with E-state index in [4.69, 9.17) is 9.15 Å². The highest BCUT2D eigenvalue weighted by Crippen LogP contribution is 2.15. The fourth-order valence-electron chi connectivity index (χ4n) is 2.27. The van der Waals surface area contributed by atoms with Gasteiger partial charge in [-0.15, -0.1) is 0 Å². The van der Waals surface area contributed by atoms with Gasteiger partial charge in [0, 0.05) is 16.8 Å². The van der Waals surface area contributed by atoms with Gasteiger partial charge in [-0.25, -0.2) is 5.43 Å². The number of nitrogens with zero attached hydrogens (tertiary/aromatic N) is 1. The van der Waals surface area contributed by atoms with Crippen molar-refractivity contribution in [3.63, 3.8) is 0 Å². The number of carbonyl (C=O) groups excluding carboxylic acids is 2. The standard InChI is InChI=1S/C20H17N3O4/c1-26-17-9-7-14(8-10-17)19(24)22-16-5-2-4-15(12-16)20(25)23-21-13-18-6-3-11-27-18/h2-13H,1H3,(H,22,24)(H,23,25)/b21-13+. The molecule has 3 aromatic rings. The number of hydrogen-bond acceptors (Lipinski definition) is 5. The zero-order chi connectivity index (χ0) is 19.1. The van der Waals surface area contributed by atoms with E-state index in [1.807, 2.05) is 0 Å². The first-order valence-electron chi connectivity index (χ1n) is 8.08. The maximum absolute atomic E-state index is 12.3. The molecule has 2 N–H and O–H groups in total. The molecule has 0 aliphatic heterocycles. The molecule has 3 rings (SSSR count). The molecule has 0 fully saturated rings.